The molecular formula is C13H23NO7S. The van der Waals surface area contributed by atoms with Crippen LogP contribution in [0.4, 0.5) is 4.79 Å². The Morgan fingerprint density at radius 1 is 1.23 bits per heavy atom. The van der Waals surface area contributed by atoms with E-state index in [9.17, 15) is 18.0 Å². The van der Waals surface area contributed by atoms with Crippen molar-refractivity contribution in [2.45, 2.75) is 51.4 Å². The number of amides is 1. The second kappa shape index (κ2) is 7.77. The van der Waals surface area contributed by atoms with Gasteiger partial charge >= 0.3 is 12.1 Å². The molecule has 0 aliphatic carbocycles. The number of hydrogen-bond donors (Lipinski definition) is 1. The van der Waals surface area contributed by atoms with Gasteiger partial charge in [0, 0.05) is 0 Å². The molecule has 1 aliphatic rings. The van der Waals surface area contributed by atoms with Crippen molar-refractivity contribution in [2.75, 3.05) is 19.6 Å². The second-order valence-corrected chi connectivity index (χ2v) is 6.92. The molecule has 2 atom stereocenters. The number of carbonyl (C=O) groups is 2. The lowest BCUT2D eigenvalue weighted by Gasteiger charge is -2.38. The van der Waals surface area contributed by atoms with Crippen LogP contribution in [0.25, 0.3) is 0 Å². The third-order valence-electron chi connectivity index (χ3n) is 3.06. The van der Waals surface area contributed by atoms with Crippen molar-refractivity contribution in [3.05, 3.63) is 0 Å². The van der Waals surface area contributed by atoms with Gasteiger partial charge in [0.2, 0.25) is 0 Å². The number of esters is 1. The molecule has 1 aliphatic heterocycles. The van der Waals surface area contributed by atoms with E-state index in [0.717, 1.165) is 0 Å². The standard InChI is InChI=1S/C13H23NO7S/c1-13(2,3)21-12(16)14-7-9(20-8-22(17)18)5-6-10(14)11(15)19-4/h9-10,22H,5-8H2,1-4H3. The molecule has 0 N–H and O–H groups in total. The van der Waals surface area contributed by atoms with Gasteiger partial charge in [0.1, 0.15) is 17.6 Å². The molecule has 8 nitrogen and oxygen atoms in total. The summed E-state index contributed by atoms with van der Waals surface area (Å²) in [5.74, 6) is -0.940. The topological polar surface area (TPSA) is 99.2 Å². The van der Waals surface area contributed by atoms with Crippen molar-refractivity contribution in [1.82, 2.24) is 4.90 Å². The molecule has 0 aromatic rings. The first kappa shape index (κ1) is 18.7. The quantitative estimate of drug-likeness (QED) is 0.589. The van der Waals surface area contributed by atoms with E-state index >= 15 is 0 Å². The fourth-order valence-electron chi connectivity index (χ4n) is 2.14. The summed E-state index contributed by atoms with van der Waals surface area (Å²) in [5, 5.41) is 0. The first-order chi connectivity index (χ1) is 10.1. The lowest BCUT2D eigenvalue weighted by molar-refractivity contribution is -0.149. The Hall–Kier alpha value is -1.35. The van der Waals surface area contributed by atoms with Crippen molar-refractivity contribution in [1.29, 1.82) is 0 Å². The predicted octanol–water partition coefficient (Wildman–Crippen LogP) is 0.513. The summed E-state index contributed by atoms with van der Waals surface area (Å²) in [6.45, 7) is 5.24. The molecule has 1 amide bonds. The van der Waals surface area contributed by atoms with Gasteiger partial charge in [-0.1, -0.05) is 0 Å². The molecule has 0 saturated carbocycles. The third-order valence-corrected chi connectivity index (χ3v) is 3.42. The van der Waals surface area contributed by atoms with E-state index < -0.39 is 46.5 Å². The number of piperidine rings is 1. The second-order valence-electron chi connectivity index (χ2n) is 6.00. The highest BCUT2D eigenvalue weighted by Crippen LogP contribution is 2.23. The molecule has 1 rings (SSSR count). The van der Waals surface area contributed by atoms with Crippen molar-refractivity contribution >= 4 is 22.8 Å². The van der Waals surface area contributed by atoms with Gasteiger partial charge in [-0.25, -0.2) is 18.0 Å². The smallest absolute Gasteiger partial charge is 0.411 e. The van der Waals surface area contributed by atoms with Gasteiger partial charge in [-0.15, -0.1) is 0 Å². The first-order valence-electron chi connectivity index (χ1n) is 6.95. The maximum absolute atomic E-state index is 12.2. The molecule has 128 valence electrons. The number of ether oxygens (including phenoxy) is 3. The number of rotatable bonds is 4. The molecule has 9 heteroatoms. The lowest BCUT2D eigenvalue weighted by Crippen LogP contribution is -2.54. The van der Waals surface area contributed by atoms with Gasteiger partial charge < -0.3 is 14.2 Å². The average molecular weight is 337 g/mol. The molecule has 0 bridgehead atoms. The molecule has 0 aromatic carbocycles. The molecule has 0 radical (unpaired) electrons. The maximum atomic E-state index is 12.2. The predicted molar refractivity (Wildman–Crippen MR) is 78.0 cm³/mol. The van der Waals surface area contributed by atoms with Crippen LogP contribution in [0.1, 0.15) is 33.6 Å². The van der Waals surface area contributed by atoms with E-state index in [1.54, 1.807) is 20.8 Å². The summed E-state index contributed by atoms with van der Waals surface area (Å²) in [7, 11) is -1.40. The van der Waals surface area contributed by atoms with E-state index in [1.807, 2.05) is 0 Å². The molecule has 0 aromatic heterocycles. The summed E-state index contributed by atoms with van der Waals surface area (Å²) in [5.41, 5.74) is -0.704. The zero-order valence-electron chi connectivity index (χ0n) is 13.2. The van der Waals surface area contributed by atoms with Crippen molar-refractivity contribution < 1.29 is 32.2 Å². The van der Waals surface area contributed by atoms with Crippen LogP contribution in [-0.2, 0) is 29.7 Å². The van der Waals surface area contributed by atoms with Gasteiger partial charge in [0.25, 0.3) is 0 Å². The number of likely N-dealkylation sites (tertiary alicyclic amines) is 1. The number of methoxy groups -OCH3 is 1. The molecule has 1 saturated heterocycles. The number of hydrogen-bond acceptors (Lipinski definition) is 7. The SMILES string of the molecule is COC(=O)C1CCC(OC[SH](=O)=O)CN1C(=O)OC(C)(C)C. The largest absolute Gasteiger partial charge is 0.467 e. The van der Waals surface area contributed by atoms with Crippen molar-refractivity contribution in [3.8, 4) is 0 Å². The fourth-order valence-corrected chi connectivity index (χ4v) is 2.48. The Morgan fingerprint density at radius 2 is 1.86 bits per heavy atom. The molecule has 1 heterocycles. The normalized spacial score (nSPS) is 22.5. The number of nitrogens with zero attached hydrogens (tertiary/aromatic N) is 1. The van der Waals surface area contributed by atoms with Crippen LogP contribution in [0.2, 0.25) is 0 Å². The van der Waals surface area contributed by atoms with E-state index in [4.69, 9.17) is 14.2 Å². The minimum atomic E-state index is -2.65. The van der Waals surface area contributed by atoms with Crippen LogP contribution in [0, 0.1) is 0 Å². The summed E-state index contributed by atoms with van der Waals surface area (Å²) in [6.07, 6.45) is -0.321. The van der Waals surface area contributed by atoms with E-state index in [-0.39, 0.29) is 6.54 Å². The summed E-state index contributed by atoms with van der Waals surface area (Å²) < 4.78 is 36.4. The first-order valence-corrected chi connectivity index (χ1v) is 8.31. The number of carbonyl (C=O) groups excluding carboxylic acids is 2. The zero-order valence-corrected chi connectivity index (χ0v) is 14.1. The minimum absolute atomic E-state index is 0.0812. The highest BCUT2D eigenvalue weighted by Gasteiger charge is 2.39. The van der Waals surface area contributed by atoms with Gasteiger partial charge in [0.15, 0.2) is 10.7 Å². The maximum Gasteiger partial charge on any atom is 0.411 e. The Labute approximate surface area is 131 Å². The zero-order chi connectivity index (χ0) is 16.9. The van der Waals surface area contributed by atoms with E-state index in [2.05, 4.69) is 0 Å². The average Bonchev–Trinajstić information content (AvgIpc) is 2.42. The Balaban J connectivity index is 2.81. The monoisotopic (exact) mass is 337 g/mol. The van der Waals surface area contributed by atoms with Crippen LogP contribution in [0.15, 0.2) is 0 Å². The van der Waals surface area contributed by atoms with Crippen LogP contribution in [0.5, 0.6) is 0 Å². The summed E-state index contributed by atoms with van der Waals surface area (Å²) >= 11 is 0. The van der Waals surface area contributed by atoms with Crippen LogP contribution in [-0.4, -0.2) is 62.7 Å². The van der Waals surface area contributed by atoms with Crippen molar-refractivity contribution in [3.63, 3.8) is 0 Å². The summed E-state index contributed by atoms with van der Waals surface area (Å²) in [6, 6.07) is -0.749. The Bertz CT molecular complexity index is 475. The van der Waals surface area contributed by atoms with Gasteiger partial charge in [-0.2, -0.15) is 0 Å². The van der Waals surface area contributed by atoms with Crippen LogP contribution < -0.4 is 0 Å². The lowest BCUT2D eigenvalue weighted by atomic mass is 10.0. The van der Waals surface area contributed by atoms with E-state index in [0.29, 0.717) is 12.8 Å². The fraction of sp³-hybridized carbons (Fsp3) is 0.846. The molecule has 2 unspecified atom stereocenters. The third kappa shape index (κ3) is 5.80. The van der Waals surface area contributed by atoms with Crippen LogP contribution >= 0.6 is 0 Å². The molecule has 22 heavy (non-hydrogen) atoms. The van der Waals surface area contributed by atoms with Gasteiger partial charge in [0.05, 0.1) is 19.8 Å². The highest BCUT2D eigenvalue weighted by atomic mass is 32.2. The van der Waals surface area contributed by atoms with E-state index in [1.165, 1.54) is 12.0 Å². The van der Waals surface area contributed by atoms with Gasteiger partial charge in [-0.05, 0) is 33.6 Å². The highest BCUT2D eigenvalue weighted by molar-refractivity contribution is 7.72. The molecule has 1 fully saturated rings. The minimum Gasteiger partial charge on any atom is -0.467 e. The number of thiol groups is 1. The van der Waals surface area contributed by atoms with Crippen molar-refractivity contribution in [2.24, 2.45) is 0 Å². The molecule has 0 spiro atoms. The Morgan fingerprint density at radius 3 is 2.36 bits per heavy atom. The Kier molecular flexibility index (Phi) is 6.61. The van der Waals surface area contributed by atoms with Crippen LogP contribution in [0.3, 0.4) is 0 Å². The summed E-state index contributed by atoms with van der Waals surface area (Å²) in [4.78, 5) is 25.3. The van der Waals surface area contributed by atoms with Gasteiger partial charge in [-0.3, -0.25) is 4.90 Å². The molecular weight excluding hydrogens is 314 g/mol.